The molecule has 0 saturated carbocycles. The average molecular weight is 280 g/mol. The van der Waals surface area contributed by atoms with Crippen molar-refractivity contribution in [2.45, 2.75) is 6.54 Å². The summed E-state index contributed by atoms with van der Waals surface area (Å²) in [5.74, 6) is 0.387. The van der Waals surface area contributed by atoms with Crippen LogP contribution in [0.1, 0.15) is 5.69 Å². The molecule has 0 spiro atoms. The number of nitrogens with zero attached hydrogens (tertiary/aromatic N) is 3. The average Bonchev–Trinajstić information content (AvgIpc) is 2.55. The van der Waals surface area contributed by atoms with Crippen molar-refractivity contribution in [3.63, 3.8) is 0 Å². The predicted octanol–water partition coefficient (Wildman–Crippen LogP) is 3.29. The van der Waals surface area contributed by atoms with Crippen molar-refractivity contribution in [3.8, 4) is 11.4 Å². The highest BCUT2D eigenvalue weighted by molar-refractivity contribution is 5.56. The highest BCUT2D eigenvalue weighted by Crippen LogP contribution is 2.16. The summed E-state index contributed by atoms with van der Waals surface area (Å²) in [5.41, 5.74) is 2.37. The summed E-state index contributed by atoms with van der Waals surface area (Å²) in [5, 5.41) is 3.17. The minimum Gasteiger partial charge on any atom is -0.364 e. The van der Waals surface area contributed by atoms with Gasteiger partial charge in [-0.15, -0.1) is 0 Å². The Labute approximate surface area is 121 Å². The van der Waals surface area contributed by atoms with Gasteiger partial charge in [0, 0.05) is 6.20 Å². The van der Waals surface area contributed by atoms with E-state index in [1.165, 1.54) is 12.3 Å². The van der Waals surface area contributed by atoms with E-state index in [2.05, 4.69) is 20.3 Å². The molecular formula is C16H13FN4. The molecule has 0 aliphatic carbocycles. The summed E-state index contributed by atoms with van der Waals surface area (Å²) in [7, 11) is 0. The molecular weight excluding hydrogens is 267 g/mol. The smallest absolute Gasteiger partial charge is 0.141 e. The van der Waals surface area contributed by atoms with Crippen molar-refractivity contribution in [2.24, 2.45) is 0 Å². The van der Waals surface area contributed by atoms with E-state index in [9.17, 15) is 4.39 Å². The molecule has 3 rings (SSSR count). The number of hydrogen-bond donors (Lipinski definition) is 1. The van der Waals surface area contributed by atoms with Crippen LogP contribution in [0.5, 0.6) is 0 Å². The molecule has 0 bridgehead atoms. The van der Waals surface area contributed by atoms with Gasteiger partial charge in [-0.25, -0.2) is 9.37 Å². The highest BCUT2D eigenvalue weighted by atomic mass is 19.1. The van der Waals surface area contributed by atoms with Gasteiger partial charge < -0.3 is 5.32 Å². The summed E-state index contributed by atoms with van der Waals surface area (Å²) < 4.78 is 12.8. The molecule has 3 aromatic rings. The van der Waals surface area contributed by atoms with Gasteiger partial charge in [0.05, 0.1) is 29.8 Å². The monoisotopic (exact) mass is 280 g/mol. The largest absolute Gasteiger partial charge is 0.364 e. The summed E-state index contributed by atoms with van der Waals surface area (Å²) in [4.78, 5) is 12.8. The first kappa shape index (κ1) is 13.2. The Morgan fingerprint density at radius 2 is 1.81 bits per heavy atom. The van der Waals surface area contributed by atoms with Crippen LogP contribution in [-0.2, 0) is 6.54 Å². The molecule has 21 heavy (non-hydrogen) atoms. The predicted molar refractivity (Wildman–Crippen MR) is 79.0 cm³/mol. The molecule has 0 unspecified atom stereocenters. The molecule has 104 valence electrons. The fraction of sp³-hybridized carbons (Fsp3) is 0.0625. The molecule has 3 heterocycles. The molecule has 0 saturated heterocycles. The van der Waals surface area contributed by atoms with Gasteiger partial charge in [-0.05, 0) is 36.4 Å². The molecule has 4 nitrogen and oxygen atoms in total. The van der Waals surface area contributed by atoms with Gasteiger partial charge in [-0.3, -0.25) is 9.97 Å². The van der Waals surface area contributed by atoms with E-state index < -0.39 is 0 Å². The van der Waals surface area contributed by atoms with Crippen LogP contribution in [0.2, 0.25) is 0 Å². The van der Waals surface area contributed by atoms with Crippen molar-refractivity contribution in [1.82, 2.24) is 15.0 Å². The van der Waals surface area contributed by atoms with Crippen molar-refractivity contribution >= 4 is 5.82 Å². The van der Waals surface area contributed by atoms with Crippen LogP contribution in [0.4, 0.5) is 10.2 Å². The lowest BCUT2D eigenvalue weighted by molar-refractivity contribution is 0.619. The Balaban J connectivity index is 1.73. The zero-order valence-electron chi connectivity index (χ0n) is 11.2. The Bertz CT molecular complexity index is 714. The lowest BCUT2D eigenvalue weighted by atomic mass is 10.2. The second-order valence-corrected chi connectivity index (χ2v) is 4.44. The summed E-state index contributed by atoms with van der Waals surface area (Å²) in [6.07, 6.45) is 2.94. The van der Waals surface area contributed by atoms with Crippen LogP contribution in [0, 0.1) is 5.82 Å². The second-order valence-electron chi connectivity index (χ2n) is 4.44. The maximum Gasteiger partial charge on any atom is 0.141 e. The van der Waals surface area contributed by atoms with E-state index in [0.29, 0.717) is 6.54 Å². The molecule has 0 radical (unpaired) electrons. The Morgan fingerprint density at radius 1 is 0.905 bits per heavy atom. The molecule has 1 N–H and O–H groups in total. The van der Waals surface area contributed by atoms with Gasteiger partial charge in [0.1, 0.15) is 11.6 Å². The van der Waals surface area contributed by atoms with Crippen LogP contribution in [0.3, 0.4) is 0 Å². The Hall–Kier alpha value is -2.82. The third-order valence-electron chi connectivity index (χ3n) is 2.92. The molecule has 3 aromatic heterocycles. The Morgan fingerprint density at radius 3 is 2.57 bits per heavy atom. The number of hydrogen-bond acceptors (Lipinski definition) is 4. The van der Waals surface area contributed by atoms with Gasteiger partial charge in [0.25, 0.3) is 0 Å². The van der Waals surface area contributed by atoms with Gasteiger partial charge in [-0.1, -0.05) is 12.1 Å². The zero-order valence-corrected chi connectivity index (χ0v) is 11.2. The summed E-state index contributed by atoms with van der Waals surface area (Å²) in [6.45, 7) is 0.485. The lowest BCUT2D eigenvalue weighted by Gasteiger charge is -2.07. The second kappa shape index (κ2) is 6.09. The standard InChI is InChI=1S/C16H13FN4/c17-12-7-8-13(19-10-12)11-20-16-6-3-5-15(21-16)14-4-1-2-9-18-14/h1-10H,11H2,(H,20,21). The summed E-state index contributed by atoms with van der Waals surface area (Å²) in [6, 6.07) is 14.4. The van der Waals surface area contributed by atoms with Crippen molar-refractivity contribution < 1.29 is 4.39 Å². The minimum atomic E-state index is -0.339. The number of aromatic nitrogens is 3. The van der Waals surface area contributed by atoms with Crippen molar-refractivity contribution in [1.29, 1.82) is 0 Å². The maximum atomic E-state index is 12.8. The zero-order chi connectivity index (χ0) is 14.5. The molecule has 0 fully saturated rings. The van der Waals surface area contributed by atoms with E-state index in [4.69, 9.17) is 0 Å². The van der Waals surface area contributed by atoms with Crippen LogP contribution in [-0.4, -0.2) is 15.0 Å². The van der Waals surface area contributed by atoms with E-state index in [0.717, 1.165) is 22.9 Å². The fourth-order valence-electron chi connectivity index (χ4n) is 1.88. The van der Waals surface area contributed by atoms with Gasteiger partial charge in [0.15, 0.2) is 0 Å². The molecule has 0 amide bonds. The minimum absolute atomic E-state index is 0.339. The maximum absolute atomic E-state index is 12.8. The van der Waals surface area contributed by atoms with Crippen LogP contribution in [0.15, 0.2) is 60.9 Å². The molecule has 0 atom stereocenters. The normalized spacial score (nSPS) is 10.3. The topological polar surface area (TPSA) is 50.7 Å². The highest BCUT2D eigenvalue weighted by Gasteiger charge is 2.02. The first-order valence-electron chi connectivity index (χ1n) is 6.54. The van der Waals surface area contributed by atoms with E-state index in [1.807, 2.05) is 36.4 Å². The molecule has 0 aliphatic rings. The van der Waals surface area contributed by atoms with E-state index in [1.54, 1.807) is 12.3 Å². The number of nitrogens with one attached hydrogen (secondary N) is 1. The number of halogens is 1. The van der Waals surface area contributed by atoms with Gasteiger partial charge in [-0.2, -0.15) is 0 Å². The van der Waals surface area contributed by atoms with Crippen molar-refractivity contribution in [2.75, 3.05) is 5.32 Å². The number of pyridine rings is 3. The van der Waals surface area contributed by atoms with E-state index >= 15 is 0 Å². The van der Waals surface area contributed by atoms with Crippen molar-refractivity contribution in [3.05, 3.63) is 72.4 Å². The third kappa shape index (κ3) is 3.39. The fourth-order valence-corrected chi connectivity index (χ4v) is 1.88. The number of rotatable bonds is 4. The van der Waals surface area contributed by atoms with Gasteiger partial charge >= 0.3 is 0 Å². The number of anilines is 1. The van der Waals surface area contributed by atoms with E-state index in [-0.39, 0.29) is 5.82 Å². The first-order chi connectivity index (χ1) is 10.3. The third-order valence-corrected chi connectivity index (χ3v) is 2.92. The quantitative estimate of drug-likeness (QED) is 0.796. The lowest BCUT2D eigenvalue weighted by Crippen LogP contribution is -2.03. The van der Waals surface area contributed by atoms with Crippen LogP contribution < -0.4 is 5.32 Å². The molecule has 0 aliphatic heterocycles. The first-order valence-corrected chi connectivity index (χ1v) is 6.54. The molecule has 5 heteroatoms. The van der Waals surface area contributed by atoms with Crippen LogP contribution >= 0.6 is 0 Å². The van der Waals surface area contributed by atoms with Gasteiger partial charge in [0.2, 0.25) is 0 Å². The Kier molecular flexibility index (Phi) is 3.82. The van der Waals surface area contributed by atoms with Crippen LogP contribution in [0.25, 0.3) is 11.4 Å². The molecule has 0 aromatic carbocycles. The SMILES string of the molecule is Fc1ccc(CNc2cccc(-c3ccccn3)n2)nc1. The summed E-state index contributed by atoms with van der Waals surface area (Å²) >= 11 is 0.